The number of fused-ring (bicyclic) bond motifs is 1. The Bertz CT molecular complexity index is 718. The van der Waals surface area contributed by atoms with Gasteiger partial charge in [-0.25, -0.2) is 0 Å². The molecule has 0 amide bonds. The summed E-state index contributed by atoms with van der Waals surface area (Å²) in [5, 5.41) is 12.1. The van der Waals surface area contributed by atoms with Crippen molar-refractivity contribution in [1.29, 1.82) is 0 Å². The van der Waals surface area contributed by atoms with Crippen LogP contribution < -0.4 is 5.32 Å². The predicted octanol–water partition coefficient (Wildman–Crippen LogP) is 2.13. The van der Waals surface area contributed by atoms with Crippen LogP contribution in [0.2, 0.25) is 0 Å². The lowest BCUT2D eigenvalue weighted by Crippen LogP contribution is -2.38. The maximum Gasteiger partial charge on any atom is 0.194 e. The van der Waals surface area contributed by atoms with Crippen LogP contribution in [0.1, 0.15) is 35.6 Å². The smallest absolute Gasteiger partial charge is 0.194 e. The average molecular weight is 326 g/mol. The van der Waals surface area contributed by atoms with Crippen molar-refractivity contribution in [3.05, 3.63) is 47.0 Å². The molecule has 128 valence electrons. The van der Waals surface area contributed by atoms with E-state index in [2.05, 4.69) is 68.2 Å². The maximum atomic E-state index is 4.40. The van der Waals surface area contributed by atoms with Gasteiger partial charge in [-0.3, -0.25) is 4.99 Å². The van der Waals surface area contributed by atoms with Crippen LogP contribution in [0.25, 0.3) is 0 Å². The number of rotatable bonds is 4. The van der Waals surface area contributed by atoms with Crippen LogP contribution in [0.3, 0.4) is 0 Å². The first-order chi connectivity index (χ1) is 11.7. The van der Waals surface area contributed by atoms with Crippen LogP contribution in [0.5, 0.6) is 0 Å². The highest BCUT2D eigenvalue weighted by atomic mass is 15.3. The molecule has 1 aliphatic heterocycles. The second kappa shape index (κ2) is 7.47. The van der Waals surface area contributed by atoms with E-state index in [0.29, 0.717) is 6.54 Å². The first-order valence-electron chi connectivity index (χ1n) is 8.56. The van der Waals surface area contributed by atoms with Crippen LogP contribution in [-0.4, -0.2) is 39.7 Å². The molecule has 0 saturated heterocycles. The molecule has 0 saturated carbocycles. The monoisotopic (exact) mass is 326 g/mol. The van der Waals surface area contributed by atoms with E-state index in [4.69, 9.17) is 0 Å². The zero-order valence-electron chi connectivity index (χ0n) is 14.8. The van der Waals surface area contributed by atoms with Crippen molar-refractivity contribution in [1.82, 2.24) is 25.0 Å². The predicted molar refractivity (Wildman–Crippen MR) is 95.8 cm³/mol. The first-order valence-corrected chi connectivity index (χ1v) is 8.56. The zero-order valence-corrected chi connectivity index (χ0v) is 14.8. The van der Waals surface area contributed by atoms with Gasteiger partial charge in [0.2, 0.25) is 0 Å². The molecular weight excluding hydrogens is 300 g/mol. The summed E-state index contributed by atoms with van der Waals surface area (Å²) >= 11 is 0. The van der Waals surface area contributed by atoms with Gasteiger partial charge in [0, 0.05) is 33.6 Å². The Hall–Kier alpha value is -2.37. The number of aliphatic imine (C=N–C) groups is 1. The van der Waals surface area contributed by atoms with Crippen molar-refractivity contribution in [3.8, 4) is 0 Å². The van der Waals surface area contributed by atoms with Gasteiger partial charge in [-0.2, -0.15) is 0 Å². The van der Waals surface area contributed by atoms with E-state index >= 15 is 0 Å². The Morgan fingerprint density at radius 3 is 2.92 bits per heavy atom. The first kappa shape index (κ1) is 16.5. The summed E-state index contributed by atoms with van der Waals surface area (Å²) in [6.45, 7) is 4.64. The molecule has 0 atom stereocenters. The average Bonchev–Trinajstić information content (AvgIpc) is 3.01. The van der Waals surface area contributed by atoms with Crippen LogP contribution in [0, 0.1) is 6.92 Å². The molecule has 3 rings (SSSR count). The van der Waals surface area contributed by atoms with Crippen molar-refractivity contribution >= 4 is 5.96 Å². The summed E-state index contributed by atoms with van der Waals surface area (Å²) in [6, 6.07) is 8.45. The van der Waals surface area contributed by atoms with E-state index in [0.717, 1.165) is 37.1 Å². The second-order valence-corrected chi connectivity index (χ2v) is 6.32. The third kappa shape index (κ3) is 3.58. The summed E-state index contributed by atoms with van der Waals surface area (Å²) < 4.78 is 2.24. The molecule has 1 aliphatic rings. The molecule has 0 aliphatic carbocycles. The molecule has 24 heavy (non-hydrogen) atoms. The molecule has 0 unspecified atom stereocenters. The minimum absolute atomic E-state index is 0.651. The Balaban J connectivity index is 1.63. The SMILES string of the molecule is CN=C(NCc1nnc2n1CCCC2)N(C)Cc1ccccc1C. The van der Waals surface area contributed by atoms with Gasteiger partial charge in [0.05, 0.1) is 6.54 Å². The molecule has 6 heteroatoms. The Morgan fingerprint density at radius 2 is 2.12 bits per heavy atom. The third-order valence-corrected chi connectivity index (χ3v) is 4.58. The highest BCUT2D eigenvalue weighted by Crippen LogP contribution is 2.14. The quantitative estimate of drug-likeness (QED) is 0.691. The largest absolute Gasteiger partial charge is 0.349 e. The molecule has 1 aromatic heterocycles. The minimum atomic E-state index is 0.651. The van der Waals surface area contributed by atoms with Gasteiger partial charge in [-0.05, 0) is 30.9 Å². The number of aryl methyl sites for hydroxylation is 2. The number of hydrogen-bond donors (Lipinski definition) is 1. The van der Waals surface area contributed by atoms with Crippen molar-refractivity contribution in [3.63, 3.8) is 0 Å². The molecule has 0 fully saturated rings. The number of benzene rings is 1. The van der Waals surface area contributed by atoms with Gasteiger partial charge in [-0.15, -0.1) is 10.2 Å². The molecule has 1 N–H and O–H groups in total. The summed E-state index contributed by atoms with van der Waals surface area (Å²) in [5.41, 5.74) is 2.61. The molecule has 2 heterocycles. The zero-order chi connectivity index (χ0) is 16.9. The molecule has 1 aromatic carbocycles. The van der Waals surface area contributed by atoms with E-state index in [1.54, 1.807) is 0 Å². The number of aromatic nitrogens is 3. The second-order valence-electron chi connectivity index (χ2n) is 6.32. The number of nitrogens with zero attached hydrogens (tertiary/aromatic N) is 5. The molecule has 0 spiro atoms. The van der Waals surface area contributed by atoms with E-state index in [1.165, 1.54) is 24.0 Å². The Kier molecular flexibility index (Phi) is 5.13. The lowest BCUT2D eigenvalue weighted by Gasteiger charge is -2.23. The summed E-state index contributed by atoms with van der Waals surface area (Å²) in [6.07, 6.45) is 3.46. The number of nitrogens with one attached hydrogen (secondary N) is 1. The van der Waals surface area contributed by atoms with Crippen molar-refractivity contribution in [2.24, 2.45) is 4.99 Å². The summed E-state index contributed by atoms with van der Waals surface area (Å²) in [5.74, 6) is 2.97. The number of hydrogen-bond acceptors (Lipinski definition) is 3. The van der Waals surface area contributed by atoms with Gasteiger partial charge >= 0.3 is 0 Å². The van der Waals surface area contributed by atoms with Crippen molar-refractivity contribution in [2.75, 3.05) is 14.1 Å². The van der Waals surface area contributed by atoms with Gasteiger partial charge in [0.25, 0.3) is 0 Å². The third-order valence-electron chi connectivity index (χ3n) is 4.58. The fourth-order valence-corrected chi connectivity index (χ4v) is 3.16. The van der Waals surface area contributed by atoms with Crippen molar-refractivity contribution in [2.45, 2.75) is 45.8 Å². The molecular formula is C18H26N6. The Labute approximate surface area is 143 Å². The van der Waals surface area contributed by atoms with Gasteiger partial charge in [0.15, 0.2) is 11.8 Å². The standard InChI is InChI=1S/C18H26N6/c1-14-8-4-5-9-15(14)13-23(3)18(19-2)20-12-17-22-21-16-10-6-7-11-24(16)17/h4-5,8-9H,6-7,10-13H2,1-3H3,(H,19,20). The molecule has 6 nitrogen and oxygen atoms in total. The Morgan fingerprint density at radius 1 is 1.29 bits per heavy atom. The topological polar surface area (TPSA) is 58.3 Å². The van der Waals surface area contributed by atoms with Gasteiger partial charge in [0.1, 0.15) is 5.82 Å². The lowest BCUT2D eigenvalue weighted by molar-refractivity contribution is 0.467. The van der Waals surface area contributed by atoms with Gasteiger partial charge in [-0.1, -0.05) is 24.3 Å². The number of guanidine groups is 1. The maximum absolute atomic E-state index is 4.40. The molecule has 2 aromatic rings. The highest BCUT2D eigenvalue weighted by molar-refractivity contribution is 5.79. The van der Waals surface area contributed by atoms with E-state index in [9.17, 15) is 0 Å². The molecule has 0 bridgehead atoms. The highest BCUT2D eigenvalue weighted by Gasteiger charge is 2.16. The lowest BCUT2D eigenvalue weighted by atomic mass is 10.1. The van der Waals surface area contributed by atoms with E-state index < -0.39 is 0 Å². The van der Waals surface area contributed by atoms with E-state index in [-0.39, 0.29) is 0 Å². The van der Waals surface area contributed by atoms with Crippen LogP contribution in [-0.2, 0) is 26.1 Å². The fraction of sp³-hybridized carbons (Fsp3) is 0.500. The minimum Gasteiger partial charge on any atom is -0.349 e. The summed E-state index contributed by atoms with van der Waals surface area (Å²) in [7, 11) is 3.87. The summed E-state index contributed by atoms with van der Waals surface area (Å²) in [4.78, 5) is 6.53. The molecule has 0 radical (unpaired) electrons. The van der Waals surface area contributed by atoms with Crippen molar-refractivity contribution < 1.29 is 0 Å². The van der Waals surface area contributed by atoms with Crippen LogP contribution in [0.4, 0.5) is 0 Å². The van der Waals surface area contributed by atoms with Gasteiger partial charge < -0.3 is 14.8 Å². The van der Waals surface area contributed by atoms with E-state index in [1.807, 2.05) is 7.05 Å². The fourth-order valence-electron chi connectivity index (χ4n) is 3.16. The van der Waals surface area contributed by atoms with Crippen LogP contribution >= 0.6 is 0 Å². The normalized spacial score (nSPS) is 14.4. The van der Waals surface area contributed by atoms with Crippen LogP contribution in [0.15, 0.2) is 29.3 Å².